The van der Waals surface area contributed by atoms with Crippen molar-refractivity contribution in [2.24, 2.45) is 7.05 Å². The van der Waals surface area contributed by atoms with E-state index in [4.69, 9.17) is 9.84 Å². The van der Waals surface area contributed by atoms with Crippen molar-refractivity contribution in [1.29, 1.82) is 0 Å². The first-order valence-corrected chi connectivity index (χ1v) is 9.20. The molecule has 152 valence electrons. The van der Waals surface area contributed by atoms with Crippen LogP contribution in [-0.2, 0) is 24.9 Å². The van der Waals surface area contributed by atoms with Gasteiger partial charge in [-0.05, 0) is 37.6 Å². The molecule has 0 aliphatic rings. The molecule has 0 amide bonds. The lowest BCUT2D eigenvalue weighted by Gasteiger charge is -2.08. The minimum atomic E-state index is -1.04. The normalized spacial score (nSPS) is 11.4. The van der Waals surface area contributed by atoms with Crippen LogP contribution in [0.4, 0.5) is 0 Å². The van der Waals surface area contributed by atoms with Crippen molar-refractivity contribution >= 4 is 29.3 Å². The molecule has 0 saturated carbocycles. The Hall–Kier alpha value is -3.62. The number of imidazole rings is 1. The number of carboxylic acids is 1. The van der Waals surface area contributed by atoms with Gasteiger partial charge in [0.05, 0.1) is 0 Å². The molecule has 0 radical (unpaired) electrons. The summed E-state index contributed by atoms with van der Waals surface area (Å²) in [6, 6.07) is 6.91. The summed E-state index contributed by atoms with van der Waals surface area (Å²) in [6.45, 7) is 3.90. The quantitative estimate of drug-likeness (QED) is 0.647. The van der Waals surface area contributed by atoms with Crippen molar-refractivity contribution < 1.29 is 14.6 Å². The van der Waals surface area contributed by atoms with Gasteiger partial charge in [0.2, 0.25) is 0 Å². The molecule has 0 spiro atoms. The number of benzene rings is 1. The Morgan fingerprint density at radius 3 is 2.34 bits per heavy atom. The molecule has 0 aliphatic heterocycles. The van der Waals surface area contributed by atoms with Gasteiger partial charge < -0.3 is 14.4 Å². The molecule has 9 nitrogen and oxygen atoms in total. The average Bonchev–Trinajstić information content (AvgIpc) is 3.02. The van der Waals surface area contributed by atoms with Crippen LogP contribution in [0.3, 0.4) is 0 Å². The van der Waals surface area contributed by atoms with E-state index in [1.165, 1.54) is 9.13 Å². The average molecular weight is 398 g/mol. The summed E-state index contributed by atoms with van der Waals surface area (Å²) in [7, 11) is 1.74. The van der Waals surface area contributed by atoms with Gasteiger partial charge in [-0.3, -0.25) is 13.9 Å². The van der Waals surface area contributed by atoms with Crippen molar-refractivity contribution in [3.63, 3.8) is 0 Å². The second-order valence-electron chi connectivity index (χ2n) is 6.36. The van der Waals surface area contributed by atoms with E-state index in [2.05, 4.69) is 4.98 Å². The summed E-state index contributed by atoms with van der Waals surface area (Å²) in [4.78, 5) is 40.3. The minimum Gasteiger partial charge on any atom is -0.482 e. The van der Waals surface area contributed by atoms with Crippen LogP contribution in [0, 0.1) is 0 Å². The van der Waals surface area contributed by atoms with Gasteiger partial charge in [0.1, 0.15) is 11.6 Å². The molecule has 2 aromatic heterocycles. The highest BCUT2D eigenvalue weighted by Crippen LogP contribution is 2.16. The van der Waals surface area contributed by atoms with Crippen molar-refractivity contribution in [2.75, 3.05) is 6.61 Å². The van der Waals surface area contributed by atoms with Gasteiger partial charge in [0.15, 0.2) is 17.8 Å². The number of hydrogen-bond acceptors (Lipinski definition) is 5. The van der Waals surface area contributed by atoms with Gasteiger partial charge >= 0.3 is 11.7 Å². The molecule has 1 N–H and O–H groups in total. The second kappa shape index (κ2) is 8.17. The standard InChI is InChI=1S/C20H22N4O5/c1-4-23-18-17(19(27)24(5-2)20(23)28)22(3)15(21-18)11-8-13-6-9-14(10-7-13)29-12-16(25)26/h6-11H,4-5,12H2,1-3H3,(H,25,26). The summed E-state index contributed by atoms with van der Waals surface area (Å²) in [5.74, 6) is -0.0402. The van der Waals surface area contributed by atoms with E-state index in [0.29, 0.717) is 35.8 Å². The summed E-state index contributed by atoms with van der Waals surface area (Å²) in [5.41, 5.74) is 0.876. The molecular formula is C20H22N4O5. The fraction of sp³-hybridized carbons (Fsp3) is 0.300. The number of carbonyl (C=O) groups is 1. The van der Waals surface area contributed by atoms with Crippen molar-refractivity contribution in [2.45, 2.75) is 26.9 Å². The van der Waals surface area contributed by atoms with Crippen LogP contribution >= 0.6 is 0 Å². The van der Waals surface area contributed by atoms with E-state index >= 15 is 0 Å². The topological polar surface area (TPSA) is 108 Å². The number of ether oxygens (including phenoxy) is 1. The highest BCUT2D eigenvalue weighted by Gasteiger charge is 2.17. The van der Waals surface area contributed by atoms with Crippen LogP contribution in [-0.4, -0.2) is 36.4 Å². The molecule has 0 fully saturated rings. The Morgan fingerprint density at radius 1 is 1.10 bits per heavy atom. The van der Waals surface area contributed by atoms with Crippen LogP contribution in [0.15, 0.2) is 33.9 Å². The van der Waals surface area contributed by atoms with Crippen LogP contribution < -0.4 is 16.0 Å². The molecule has 3 rings (SSSR count). The Balaban J connectivity index is 1.98. The molecule has 0 aliphatic carbocycles. The number of nitrogens with zero attached hydrogens (tertiary/aromatic N) is 4. The van der Waals surface area contributed by atoms with Crippen LogP contribution in [0.25, 0.3) is 23.3 Å². The molecule has 9 heteroatoms. The van der Waals surface area contributed by atoms with E-state index in [9.17, 15) is 14.4 Å². The van der Waals surface area contributed by atoms with E-state index in [-0.39, 0.29) is 11.2 Å². The maximum Gasteiger partial charge on any atom is 0.341 e. The van der Waals surface area contributed by atoms with Crippen molar-refractivity contribution in [3.8, 4) is 5.75 Å². The van der Waals surface area contributed by atoms with Crippen LogP contribution in [0.1, 0.15) is 25.2 Å². The third-order valence-corrected chi connectivity index (χ3v) is 4.58. The van der Waals surface area contributed by atoms with Crippen LogP contribution in [0.5, 0.6) is 5.75 Å². The number of aliphatic carboxylic acids is 1. The highest BCUT2D eigenvalue weighted by molar-refractivity contribution is 5.76. The van der Waals surface area contributed by atoms with E-state index in [0.717, 1.165) is 5.56 Å². The molecular weight excluding hydrogens is 376 g/mol. The first-order chi connectivity index (χ1) is 13.9. The lowest BCUT2D eigenvalue weighted by molar-refractivity contribution is -0.139. The number of fused-ring (bicyclic) bond motifs is 1. The van der Waals surface area contributed by atoms with Crippen molar-refractivity contribution in [1.82, 2.24) is 18.7 Å². The van der Waals surface area contributed by atoms with Gasteiger partial charge in [-0.25, -0.2) is 14.6 Å². The van der Waals surface area contributed by atoms with E-state index < -0.39 is 12.6 Å². The molecule has 29 heavy (non-hydrogen) atoms. The van der Waals surface area contributed by atoms with Crippen molar-refractivity contribution in [3.05, 3.63) is 56.5 Å². The largest absolute Gasteiger partial charge is 0.482 e. The molecule has 2 heterocycles. The predicted octanol–water partition coefficient (Wildman–Crippen LogP) is 1.57. The van der Waals surface area contributed by atoms with Crippen LogP contribution in [0.2, 0.25) is 0 Å². The Bertz CT molecular complexity index is 1200. The lowest BCUT2D eigenvalue weighted by Crippen LogP contribution is -2.39. The smallest absolute Gasteiger partial charge is 0.341 e. The zero-order chi connectivity index (χ0) is 21.1. The van der Waals surface area contributed by atoms with Gasteiger partial charge in [0, 0.05) is 20.1 Å². The monoisotopic (exact) mass is 398 g/mol. The summed E-state index contributed by atoms with van der Waals surface area (Å²) in [5, 5.41) is 8.64. The molecule has 0 saturated heterocycles. The maximum absolute atomic E-state index is 12.7. The molecule has 3 aromatic rings. The SMILES string of the molecule is CCn1c(=O)c2c(nc(C=Cc3ccc(OCC(=O)O)cc3)n2C)n(CC)c1=O. The Labute approximate surface area is 166 Å². The number of aromatic nitrogens is 4. The van der Waals surface area contributed by atoms with E-state index in [1.54, 1.807) is 48.9 Å². The fourth-order valence-corrected chi connectivity index (χ4v) is 3.08. The maximum atomic E-state index is 12.7. The lowest BCUT2D eigenvalue weighted by atomic mass is 10.2. The highest BCUT2D eigenvalue weighted by atomic mass is 16.5. The Morgan fingerprint density at radius 2 is 1.76 bits per heavy atom. The number of rotatable bonds is 7. The second-order valence-corrected chi connectivity index (χ2v) is 6.36. The van der Waals surface area contributed by atoms with Gasteiger partial charge in [-0.2, -0.15) is 0 Å². The number of hydrogen-bond donors (Lipinski definition) is 1. The molecule has 0 bridgehead atoms. The van der Waals surface area contributed by atoms with Gasteiger partial charge in [0.25, 0.3) is 5.56 Å². The predicted molar refractivity (Wildman–Crippen MR) is 109 cm³/mol. The number of carboxylic acid groups (broad SMARTS) is 1. The molecule has 0 atom stereocenters. The Kier molecular flexibility index (Phi) is 5.67. The molecule has 1 aromatic carbocycles. The first kappa shape index (κ1) is 20.1. The third-order valence-electron chi connectivity index (χ3n) is 4.58. The summed E-state index contributed by atoms with van der Waals surface area (Å²) >= 11 is 0. The fourth-order valence-electron chi connectivity index (χ4n) is 3.08. The number of aryl methyl sites for hydroxylation is 2. The zero-order valence-corrected chi connectivity index (χ0v) is 16.5. The minimum absolute atomic E-state index is 0.292. The summed E-state index contributed by atoms with van der Waals surface area (Å²) < 4.78 is 9.48. The third kappa shape index (κ3) is 3.84. The van der Waals surface area contributed by atoms with Gasteiger partial charge in [-0.1, -0.05) is 18.2 Å². The zero-order valence-electron chi connectivity index (χ0n) is 16.5. The summed E-state index contributed by atoms with van der Waals surface area (Å²) in [6.07, 6.45) is 3.57. The molecule has 0 unspecified atom stereocenters. The first-order valence-electron chi connectivity index (χ1n) is 9.20. The van der Waals surface area contributed by atoms with E-state index in [1.807, 2.05) is 13.0 Å². The van der Waals surface area contributed by atoms with Gasteiger partial charge in [-0.15, -0.1) is 0 Å².